The minimum atomic E-state index is -0.382. The van der Waals surface area contributed by atoms with E-state index in [-0.39, 0.29) is 5.54 Å². The Hall–Kier alpha value is -0.570. The van der Waals surface area contributed by atoms with Crippen molar-refractivity contribution in [1.82, 2.24) is 0 Å². The van der Waals surface area contributed by atoms with Gasteiger partial charge >= 0.3 is 0 Å². The molecule has 0 saturated heterocycles. The van der Waals surface area contributed by atoms with Gasteiger partial charge in [0.25, 0.3) is 0 Å². The fraction of sp³-hybridized carbons (Fsp3) is 0.500. The van der Waals surface area contributed by atoms with Gasteiger partial charge in [0.1, 0.15) is 5.04 Å². The van der Waals surface area contributed by atoms with Gasteiger partial charge in [0, 0.05) is 17.8 Å². The average molecular weight is 155 g/mol. The molecule has 1 rings (SSSR count). The molecular formula is C6H9N3S. The highest BCUT2D eigenvalue weighted by atomic mass is 32.2. The number of hydrogen-bond acceptors (Lipinski definition) is 4. The predicted octanol–water partition coefficient (Wildman–Crippen LogP) is 0.967. The highest BCUT2D eigenvalue weighted by Crippen LogP contribution is 2.16. The summed E-state index contributed by atoms with van der Waals surface area (Å²) in [5.74, 6) is 2.61. The molecule has 4 heteroatoms. The third-order valence-electron chi connectivity index (χ3n) is 0.976. The molecule has 54 valence electrons. The number of nitrogens with zero attached hydrogens (tertiary/aromatic N) is 2. The molecule has 0 aromatic carbocycles. The SMILES string of the molecule is CC(C)(N)C1=NC=C=NS1. The Kier molecular flexibility index (Phi) is 1.94. The van der Waals surface area contributed by atoms with Gasteiger partial charge in [-0.2, -0.15) is 4.40 Å². The van der Waals surface area contributed by atoms with Gasteiger partial charge in [-0.15, -0.1) is 0 Å². The first-order valence-electron chi connectivity index (χ1n) is 2.92. The molecule has 0 aromatic heterocycles. The van der Waals surface area contributed by atoms with Crippen LogP contribution < -0.4 is 5.73 Å². The fourth-order valence-electron chi connectivity index (χ4n) is 0.488. The summed E-state index contributed by atoms with van der Waals surface area (Å²) in [5, 5.41) is 0.825. The quantitative estimate of drug-likeness (QED) is 0.573. The largest absolute Gasteiger partial charge is 0.320 e. The van der Waals surface area contributed by atoms with Crippen LogP contribution in [-0.4, -0.2) is 16.5 Å². The Morgan fingerprint density at radius 1 is 1.70 bits per heavy atom. The van der Waals surface area contributed by atoms with Crippen LogP contribution in [0, 0.1) is 0 Å². The van der Waals surface area contributed by atoms with Crippen molar-refractivity contribution in [3.63, 3.8) is 0 Å². The molecule has 0 fully saturated rings. The minimum Gasteiger partial charge on any atom is -0.320 e. The molecule has 0 atom stereocenters. The van der Waals surface area contributed by atoms with E-state index in [1.165, 1.54) is 18.1 Å². The van der Waals surface area contributed by atoms with E-state index in [1.807, 2.05) is 13.8 Å². The second-order valence-corrected chi connectivity index (χ2v) is 3.35. The molecule has 0 saturated carbocycles. The summed E-state index contributed by atoms with van der Waals surface area (Å²) < 4.78 is 3.83. The van der Waals surface area contributed by atoms with Gasteiger partial charge in [0.15, 0.2) is 0 Å². The first-order valence-corrected chi connectivity index (χ1v) is 3.69. The molecule has 1 aliphatic rings. The van der Waals surface area contributed by atoms with Crippen LogP contribution in [0.3, 0.4) is 0 Å². The molecule has 2 N–H and O–H groups in total. The van der Waals surface area contributed by atoms with E-state index in [0.717, 1.165) is 5.04 Å². The lowest BCUT2D eigenvalue weighted by Gasteiger charge is -2.18. The van der Waals surface area contributed by atoms with E-state index < -0.39 is 0 Å². The topological polar surface area (TPSA) is 50.7 Å². The van der Waals surface area contributed by atoms with Crippen LogP contribution in [0.5, 0.6) is 0 Å². The summed E-state index contributed by atoms with van der Waals surface area (Å²) in [7, 11) is 0. The minimum absolute atomic E-state index is 0.382. The maximum Gasteiger partial charge on any atom is 0.117 e. The summed E-state index contributed by atoms with van der Waals surface area (Å²) in [6.07, 6.45) is 1.53. The lowest BCUT2D eigenvalue weighted by Crippen LogP contribution is -2.39. The normalized spacial score (nSPS) is 17.3. The molecule has 1 aliphatic heterocycles. The first kappa shape index (κ1) is 7.54. The average Bonchev–Trinajstić information content (AvgIpc) is 1.88. The van der Waals surface area contributed by atoms with Crippen LogP contribution in [0.2, 0.25) is 0 Å². The predicted molar refractivity (Wildman–Crippen MR) is 45.3 cm³/mol. The highest BCUT2D eigenvalue weighted by Gasteiger charge is 2.20. The third kappa shape index (κ3) is 1.70. The second-order valence-electron chi connectivity index (χ2n) is 2.60. The molecule has 0 aliphatic carbocycles. The summed E-state index contributed by atoms with van der Waals surface area (Å²) in [6.45, 7) is 3.79. The van der Waals surface area contributed by atoms with E-state index in [1.54, 1.807) is 0 Å². The summed E-state index contributed by atoms with van der Waals surface area (Å²) >= 11 is 1.28. The zero-order valence-corrected chi connectivity index (χ0v) is 6.77. The second kappa shape index (κ2) is 2.58. The van der Waals surface area contributed by atoms with Gasteiger partial charge in [-0.25, -0.2) is 4.99 Å². The van der Waals surface area contributed by atoms with E-state index in [2.05, 4.69) is 15.3 Å². The monoisotopic (exact) mass is 155 g/mol. The van der Waals surface area contributed by atoms with Crippen LogP contribution in [0.1, 0.15) is 13.8 Å². The van der Waals surface area contributed by atoms with Crippen molar-refractivity contribution in [2.75, 3.05) is 0 Å². The van der Waals surface area contributed by atoms with Crippen molar-refractivity contribution in [1.29, 1.82) is 0 Å². The molecule has 0 radical (unpaired) electrons. The van der Waals surface area contributed by atoms with E-state index >= 15 is 0 Å². The lowest BCUT2D eigenvalue weighted by molar-refractivity contribution is 0.709. The molecule has 0 spiro atoms. The fourth-order valence-corrected chi connectivity index (χ4v) is 1.01. The van der Waals surface area contributed by atoms with Gasteiger partial charge in [-0.1, -0.05) is 0 Å². The molecule has 3 nitrogen and oxygen atoms in total. The smallest absolute Gasteiger partial charge is 0.117 e. The Balaban J connectivity index is 2.79. The molecule has 0 bridgehead atoms. The molecule has 0 amide bonds. The standard InChI is InChI=1S/C6H9N3S/c1-6(2,7)5-8-3-4-9-10-5/h3H,7H2,1-2H3. The molecule has 0 unspecified atom stereocenters. The summed E-state index contributed by atoms with van der Waals surface area (Å²) in [5.41, 5.74) is 5.37. The Labute approximate surface area is 64.3 Å². The Morgan fingerprint density at radius 2 is 2.40 bits per heavy atom. The Bertz CT molecular complexity index is 218. The molecule has 1 heterocycles. The summed E-state index contributed by atoms with van der Waals surface area (Å²) in [6, 6.07) is 0. The highest BCUT2D eigenvalue weighted by molar-refractivity contribution is 8.13. The maximum atomic E-state index is 5.75. The lowest BCUT2D eigenvalue weighted by atomic mass is 10.1. The van der Waals surface area contributed by atoms with Crippen molar-refractivity contribution < 1.29 is 0 Å². The summed E-state index contributed by atoms with van der Waals surface area (Å²) in [4.78, 5) is 4.03. The van der Waals surface area contributed by atoms with Crippen molar-refractivity contribution in [3.8, 4) is 0 Å². The van der Waals surface area contributed by atoms with Gasteiger partial charge in [0.2, 0.25) is 0 Å². The van der Waals surface area contributed by atoms with Crippen molar-refractivity contribution >= 4 is 22.9 Å². The van der Waals surface area contributed by atoms with Gasteiger partial charge in [-0.3, -0.25) is 0 Å². The molecular weight excluding hydrogens is 146 g/mol. The Morgan fingerprint density at radius 3 is 2.70 bits per heavy atom. The van der Waals surface area contributed by atoms with E-state index in [9.17, 15) is 0 Å². The molecule has 10 heavy (non-hydrogen) atoms. The van der Waals surface area contributed by atoms with Gasteiger partial charge in [0.05, 0.1) is 11.7 Å². The van der Waals surface area contributed by atoms with E-state index in [4.69, 9.17) is 5.73 Å². The number of rotatable bonds is 1. The van der Waals surface area contributed by atoms with Crippen molar-refractivity contribution in [2.24, 2.45) is 15.1 Å². The van der Waals surface area contributed by atoms with E-state index in [0.29, 0.717) is 0 Å². The van der Waals surface area contributed by atoms with Crippen molar-refractivity contribution in [2.45, 2.75) is 19.4 Å². The van der Waals surface area contributed by atoms with Crippen LogP contribution in [0.4, 0.5) is 0 Å². The first-order chi connectivity index (χ1) is 4.61. The van der Waals surface area contributed by atoms with Crippen molar-refractivity contribution in [3.05, 3.63) is 6.20 Å². The number of aliphatic imine (C=N–C) groups is 1. The third-order valence-corrected chi connectivity index (χ3v) is 1.98. The number of hydrogen-bond donors (Lipinski definition) is 1. The van der Waals surface area contributed by atoms with Crippen LogP contribution in [0.15, 0.2) is 15.6 Å². The molecule has 0 aromatic rings. The zero-order chi connectivity index (χ0) is 7.61. The van der Waals surface area contributed by atoms with Crippen LogP contribution >= 0.6 is 11.9 Å². The zero-order valence-electron chi connectivity index (χ0n) is 5.96. The van der Waals surface area contributed by atoms with Gasteiger partial charge in [-0.05, 0) is 13.8 Å². The number of nitrogens with two attached hydrogens (primary N) is 1. The van der Waals surface area contributed by atoms with Crippen LogP contribution in [-0.2, 0) is 0 Å². The van der Waals surface area contributed by atoms with Gasteiger partial charge < -0.3 is 5.73 Å². The maximum absolute atomic E-state index is 5.75. The van der Waals surface area contributed by atoms with Crippen LogP contribution in [0.25, 0.3) is 0 Å².